The second-order valence-corrected chi connectivity index (χ2v) is 10.1. The van der Waals surface area contributed by atoms with E-state index in [1.54, 1.807) is 30.3 Å². The molecule has 0 heterocycles. The molecule has 1 unspecified atom stereocenters. The summed E-state index contributed by atoms with van der Waals surface area (Å²) in [5.41, 5.74) is -0.922. The molecule has 0 bridgehead atoms. The van der Waals surface area contributed by atoms with Crippen LogP contribution in [0.1, 0.15) is 30.4 Å². The first-order valence-corrected chi connectivity index (χ1v) is 13.0. The Kier molecular flexibility index (Phi) is 8.15. The van der Waals surface area contributed by atoms with Crippen molar-refractivity contribution in [2.75, 3.05) is 5.33 Å². The van der Waals surface area contributed by atoms with Crippen molar-refractivity contribution in [3.05, 3.63) is 95.3 Å². The second-order valence-electron chi connectivity index (χ2n) is 9.57. The molecule has 0 aliphatic heterocycles. The number of hydrogen-bond donors (Lipinski definition) is 2. The molecule has 11 heteroatoms. The third kappa shape index (κ3) is 6.36. The molecule has 2 N–H and O–H groups in total. The highest BCUT2D eigenvalue weighted by Gasteiger charge is 2.48. The number of carbonyl (C=O) groups excluding carboxylic acids is 1. The van der Waals surface area contributed by atoms with Gasteiger partial charge in [-0.25, -0.2) is 13.6 Å². The summed E-state index contributed by atoms with van der Waals surface area (Å²) in [4.78, 5) is 13.3. The van der Waals surface area contributed by atoms with Crippen LogP contribution in [0.3, 0.4) is 0 Å². The van der Waals surface area contributed by atoms with E-state index < -0.39 is 53.0 Å². The van der Waals surface area contributed by atoms with E-state index in [4.69, 9.17) is 0 Å². The first-order valence-electron chi connectivity index (χ1n) is 11.9. The zero-order valence-electron chi connectivity index (χ0n) is 20.0. The lowest BCUT2D eigenvalue weighted by molar-refractivity contribution is -0.280. The van der Waals surface area contributed by atoms with Gasteiger partial charge in [0.25, 0.3) is 0 Å². The summed E-state index contributed by atoms with van der Waals surface area (Å²) in [5, 5.41) is 6.32. The van der Waals surface area contributed by atoms with E-state index in [2.05, 4.69) is 31.3 Å². The van der Waals surface area contributed by atoms with Crippen LogP contribution in [0.25, 0.3) is 0 Å². The lowest BCUT2D eigenvalue weighted by Crippen LogP contribution is -2.57. The molecule has 2 aliphatic carbocycles. The average molecular weight is 603 g/mol. The molecule has 2 amide bonds. The molecule has 2 aromatic carbocycles. The number of alkyl halides is 5. The molecule has 0 spiro atoms. The Hall–Kier alpha value is -2.95. The maximum Gasteiger partial charge on any atom is 0.461 e. The number of allylic oxidation sites excluding steroid dienone is 2. The summed E-state index contributed by atoms with van der Waals surface area (Å²) in [6.45, 7) is 0. The molecule has 0 saturated heterocycles. The summed E-state index contributed by atoms with van der Waals surface area (Å²) >= 11 is 3.38. The predicted octanol–water partition coefficient (Wildman–Crippen LogP) is 7.12. The van der Waals surface area contributed by atoms with Crippen LogP contribution in [0.2, 0.25) is 0 Å². The molecule has 0 radical (unpaired) electrons. The van der Waals surface area contributed by atoms with Gasteiger partial charge in [-0.1, -0.05) is 58.4 Å². The summed E-state index contributed by atoms with van der Waals surface area (Å²) < 4.78 is 86.2. The fourth-order valence-corrected chi connectivity index (χ4v) is 5.25. The molecule has 2 aliphatic rings. The maximum absolute atomic E-state index is 14.9. The molecule has 1 fully saturated rings. The molecule has 1 saturated carbocycles. The van der Waals surface area contributed by atoms with Gasteiger partial charge in [0.1, 0.15) is 17.4 Å². The molecule has 2 atom stereocenters. The number of ether oxygens (including phenoxy) is 1. The van der Waals surface area contributed by atoms with Crippen molar-refractivity contribution in [2.45, 2.75) is 49.3 Å². The van der Waals surface area contributed by atoms with Crippen LogP contribution in [-0.2, 0) is 16.7 Å². The minimum Gasteiger partial charge on any atom is -0.429 e. The fraction of sp³-hybridized carbons (Fsp3) is 0.370. The van der Waals surface area contributed by atoms with Crippen LogP contribution in [0.5, 0.6) is 0 Å². The van der Waals surface area contributed by atoms with Gasteiger partial charge in [-0.3, -0.25) is 0 Å². The SMILES string of the molecule is O=C(NC1(CBr)CC1)N[C@](Cc1ccccc1)(c1ccc(F)cc1)C1C=C(OC(F)(F)C(F)F)C=C(F)C1. The van der Waals surface area contributed by atoms with E-state index in [1.165, 1.54) is 12.1 Å². The Labute approximate surface area is 224 Å². The van der Waals surface area contributed by atoms with Gasteiger partial charge in [0.2, 0.25) is 0 Å². The third-order valence-corrected chi connectivity index (χ3v) is 7.80. The zero-order chi connectivity index (χ0) is 27.6. The van der Waals surface area contributed by atoms with E-state index in [0.29, 0.717) is 22.5 Å². The van der Waals surface area contributed by atoms with Crippen LogP contribution < -0.4 is 10.6 Å². The van der Waals surface area contributed by atoms with Gasteiger partial charge in [-0.2, -0.15) is 17.6 Å². The number of urea groups is 1. The summed E-state index contributed by atoms with van der Waals surface area (Å²) in [5.74, 6) is -3.34. The number of benzene rings is 2. The number of amides is 2. The summed E-state index contributed by atoms with van der Waals surface area (Å²) in [7, 11) is 0. The zero-order valence-corrected chi connectivity index (χ0v) is 21.6. The smallest absolute Gasteiger partial charge is 0.429 e. The minimum absolute atomic E-state index is 0.0428. The Morgan fingerprint density at radius 2 is 1.74 bits per heavy atom. The van der Waals surface area contributed by atoms with Gasteiger partial charge in [-0.05, 0) is 42.2 Å². The normalized spacial score (nSPS) is 20.2. The molecule has 38 heavy (non-hydrogen) atoms. The molecule has 2 aromatic rings. The Balaban J connectivity index is 1.82. The molecular weight excluding hydrogens is 578 g/mol. The lowest BCUT2D eigenvalue weighted by Gasteiger charge is -2.42. The average Bonchev–Trinajstić information content (AvgIpc) is 3.63. The number of hydrogen-bond acceptors (Lipinski definition) is 2. The first kappa shape index (κ1) is 28.1. The van der Waals surface area contributed by atoms with Crippen molar-refractivity contribution < 1.29 is 35.9 Å². The topological polar surface area (TPSA) is 50.4 Å². The van der Waals surface area contributed by atoms with E-state index in [0.717, 1.165) is 31.1 Å². The largest absolute Gasteiger partial charge is 0.461 e. The highest BCUT2D eigenvalue weighted by molar-refractivity contribution is 9.09. The molecule has 204 valence electrons. The quantitative estimate of drug-likeness (QED) is 0.225. The predicted molar refractivity (Wildman–Crippen MR) is 133 cm³/mol. The number of nitrogens with one attached hydrogen (secondary N) is 2. The highest BCUT2D eigenvalue weighted by Crippen LogP contribution is 2.43. The van der Waals surface area contributed by atoms with Gasteiger partial charge in [0, 0.05) is 30.2 Å². The molecule has 0 aromatic heterocycles. The van der Waals surface area contributed by atoms with Crippen LogP contribution in [0, 0.1) is 11.7 Å². The van der Waals surface area contributed by atoms with Crippen molar-refractivity contribution in [3.8, 4) is 0 Å². The van der Waals surface area contributed by atoms with E-state index in [-0.39, 0.29) is 12.8 Å². The van der Waals surface area contributed by atoms with Crippen LogP contribution >= 0.6 is 15.9 Å². The van der Waals surface area contributed by atoms with Crippen molar-refractivity contribution in [2.24, 2.45) is 5.92 Å². The monoisotopic (exact) mass is 602 g/mol. The van der Waals surface area contributed by atoms with Crippen LogP contribution in [0.15, 0.2) is 78.3 Å². The maximum atomic E-state index is 14.9. The Morgan fingerprint density at radius 3 is 2.32 bits per heavy atom. The molecule has 4 nitrogen and oxygen atoms in total. The first-order chi connectivity index (χ1) is 18.0. The fourth-order valence-electron chi connectivity index (χ4n) is 4.55. The number of rotatable bonds is 10. The second kappa shape index (κ2) is 11.0. The van der Waals surface area contributed by atoms with Gasteiger partial charge in [0.15, 0.2) is 0 Å². The number of halogens is 7. The minimum atomic E-state index is -4.86. The summed E-state index contributed by atoms with van der Waals surface area (Å²) in [6.07, 6.45) is -6.14. The van der Waals surface area contributed by atoms with Crippen molar-refractivity contribution in [1.82, 2.24) is 10.6 Å². The van der Waals surface area contributed by atoms with Crippen LogP contribution in [-0.4, -0.2) is 29.4 Å². The van der Waals surface area contributed by atoms with E-state index >= 15 is 0 Å². The van der Waals surface area contributed by atoms with E-state index in [9.17, 15) is 31.1 Å². The highest BCUT2D eigenvalue weighted by atomic mass is 79.9. The lowest BCUT2D eigenvalue weighted by atomic mass is 9.71. The van der Waals surface area contributed by atoms with Gasteiger partial charge in [-0.15, -0.1) is 0 Å². The number of carbonyl (C=O) groups is 1. The third-order valence-electron chi connectivity index (χ3n) is 6.73. The van der Waals surface area contributed by atoms with Crippen LogP contribution in [0.4, 0.5) is 31.1 Å². The van der Waals surface area contributed by atoms with Crippen molar-refractivity contribution in [3.63, 3.8) is 0 Å². The van der Waals surface area contributed by atoms with Gasteiger partial charge in [0.05, 0.1) is 11.1 Å². The van der Waals surface area contributed by atoms with Crippen molar-refractivity contribution >= 4 is 22.0 Å². The molecule has 4 rings (SSSR count). The Bertz CT molecular complexity index is 1200. The van der Waals surface area contributed by atoms with E-state index in [1.807, 2.05) is 0 Å². The van der Waals surface area contributed by atoms with Gasteiger partial charge >= 0.3 is 18.6 Å². The summed E-state index contributed by atoms with van der Waals surface area (Å²) in [6, 6.07) is 13.4. The van der Waals surface area contributed by atoms with Crippen molar-refractivity contribution in [1.29, 1.82) is 0 Å². The standard InChI is InChI=1S/C27H25BrF6N2O2/c28-16-25(10-11-25)35-24(37)36-26(15-17-4-2-1-3-5-17,18-6-8-20(29)9-7-18)19-12-21(30)14-22(13-19)38-27(33,34)23(31)32/h1-9,13-14,19,23H,10-12,15-16H2,(H2,35,36,37)/t19?,26-/m1/s1. The molecular formula is C27H25BrF6N2O2. The Morgan fingerprint density at radius 1 is 1.08 bits per heavy atom. The van der Waals surface area contributed by atoms with Gasteiger partial charge < -0.3 is 15.4 Å².